The van der Waals surface area contributed by atoms with Crippen LogP contribution in [0.1, 0.15) is 19.0 Å². The van der Waals surface area contributed by atoms with Crippen molar-refractivity contribution in [2.75, 3.05) is 5.32 Å². The lowest BCUT2D eigenvalue weighted by molar-refractivity contribution is -0.141. The number of carbonyl (C=O) groups is 1. The van der Waals surface area contributed by atoms with Crippen molar-refractivity contribution in [3.05, 3.63) is 22.1 Å². The van der Waals surface area contributed by atoms with Crippen molar-refractivity contribution in [1.82, 2.24) is 9.97 Å². The molecule has 0 aliphatic carbocycles. The number of anilines is 1. The lowest BCUT2D eigenvalue weighted by atomic mass is 10.2. The van der Waals surface area contributed by atoms with E-state index >= 15 is 0 Å². The Kier molecular flexibility index (Phi) is 3.94. The number of nitrogens with zero attached hydrogens (tertiary/aromatic N) is 1. The molecule has 1 aromatic rings. The Morgan fingerprint density at radius 2 is 2.22 bits per heavy atom. The second kappa shape index (κ2) is 5.07. The van der Waals surface area contributed by atoms with Gasteiger partial charge in [0.05, 0.1) is 0 Å². The van der Waals surface area contributed by atoms with Gasteiger partial charge in [-0.3, -0.25) is 9.78 Å². The first-order chi connectivity index (χ1) is 8.24. The molecule has 0 aliphatic heterocycles. The Balaban J connectivity index is 3.07. The minimum atomic E-state index is -4.77. The van der Waals surface area contributed by atoms with Gasteiger partial charge in [0.25, 0.3) is 5.56 Å². The summed E-state index contributed by atoms with van der Waals surface area (Å²) < 4.78 is 37.1. The zero-order chi connectivity index (χ0) is 13.9. The fourth-order valence-corrected chi connectivity index (χ4v) is 1.17. The molecule has 3 N–H and O–H groups in total. The molecule has 1 aromatic heterocycles. The molecule has 18 heavy (non-hydrogen) atoms. The molecule has 0 fully saturated rings. The Hall–Kier alpha value is -2.06. The molecule has 0 bridgehead atoms. The van der Waals surface area contributed by atoms with E-state index in [0.29, 0.717) is 6.07 Å². The lowest BCUT2D eigenvalue weighted by Gasteiger charge is -2.13. The van der Waals surface area contributed by atoms with Crippen LogP contribution in [0, 0.1) is 0 Å². The van der Waals surface area contributed by atoms with E-state index in [4.69, 9.17) is 5.11 Å². The van der Waals surface area contributed by atoms with E-state index in [2.05, 4.69) is 10.3 Å². The zero-order valence-electron chi connectivity index (χ0n) is 9.21. The van der Waals surface area contributed by atoms with Crippen molar-refractivity contribution in [3.8, 4) is 0 Å². The van der Waals surface area contributed by atoms with Crippen LogP contribution in [0.3, 0.4) is 0 Å². The molecule has 9 heteroatoms. The average Bonchev–Trinajstić information content (AvgIpc) is 2.23. The topological polar surface area (TPSA) is 95.1 Å². The molecule has 1 heterocycles. The van der Waals surface area contributed by atoms with Gasteiger partial charge >= 0.3 is 12.1 Å². The standard InChI is InChI=1S/C9H10F3N3O3/c1-2-4(7(17)18)13-8-14-5(9(10,11)12)3-6(16)15-8/h3-4H,2H2,1H3,(H,17,18)(H2,13,14,15,16). The summed E-state index contributed by atoms with van der Waals surface area (Å²) in [6.07, 6.45) is -4.65. The Morgan fingerprint density at radius 3 is 2.67 bits per heavy atom. The van der Waals surface area contributed by atoms with Gasteiger partial charge in [-0.25, -0.2) is 9.78 Å². The van der Waals surface area contributed by atoms with Crippen LogP contribution in [0.15, 0.2) is 10.9 Å². The summed E-state index contributed by atoms with van der Waals surface area (Å²) in [5, 5.41) is 10.9. The smallest absolute Gasteiger partial charge is 0.433 e. The molecule has 100 valence electrons. The third-order valence-electron chi connectivity index (χ3n) is 2.05. The highest BCUT2D eigenvalue weighted by atomic mass is 19.4. The largest absolute Gasteiger partial charge is 0.480 e. The summed E-state index contributed by atoms with van der Waals surface area (Å²) >= 11 is 0. The van der Waals surface area contributed by atoms with E-state index < -0.39 is 35.4 Å². The lowest BCUT2D eigenvalue weighted by Crippen LogP contribution is -2.31. The molecular formula is C9H10F3N3O3. The number of H-pyrrole nitrogens is 1. The fourth-order valence-electron chi connectivity index (χ4n) is 1.17. The number of hydrogen-bond donors (Lipinski definition) is 3. The van der Waals surface area contributed by atoms with Gasteiger partial charge in [-0.05, 0) is 6.42 Å². The third kappa shape index (κ3) is 3.47. The molecule has 0 amide bonds. The molecule has 6 nitrogen and oxygen atoms in total. The van der Waals surface area contributed by atoms with E-state index in [0.717, 1.165) is 0 Å². The number of carboxylic acids is 1. The monoisotopic (exact) mass is 265 g/mol. The van der Waals surface area contributed by atoms with Crippen LogP contribution in [0.4, 0.5) is 19.1 Å². The molecule has 0 saturated heterocycles. The molecule has 0 radical (unpaired) electrons. The number of aliphatic carboxylic acids is 1. The molecule has 0 aromatic carbocycles. The van der Waals surface area contributed by atoms with E-state index in [1.165, 1.54) is 6.92 Å². The molecule has 1 rings (SSSR count). The van der Waals surface area contributed by atoms with Crippen LogP contribution in [-0.4, -0.2) is 27.1 Å². The Labute approximate surface area is 98.9 Å². The average molecular weight is 265 g/mol. The van der Waals surface area contributed by atoms with Gasteiger partial charge < -0.3 is 10.4 Å². The van der Waals surface area contributed by atoms with Crippen molar-refractivity contribution in [2.24, 2.45) is 0 Å². The van der Waals surface area contributed by atoms with Crippen molar-refractivity contribution >= 4 is 11.9 Å². The van der Waals surface area contributed by atoms with Crippen LogP contribution < -0.4 is 10.9 Å². The van der Waals surface area contributed by atoms with E-state index in [1.54, 1.807) is 0 Å². The molecule has 1 atom stereocenters. The summed E-state index contributed by atoms with van der Waals surface area (Å²) in [6.45, 7) is 1.53. The maximum atomic E-state index is 12.4. The summed E-state index contributed by atoms with van der Waals surface area (Å²) in [5.74, 6) is -1.78. The highest BCUT2D eigenvalue weighted by Crippen LogP contribution is 2.26. The second-order valence-electron chi connectivity index (χ2n) is 3.42. The number of halogens is 3. The number of rotatable bonds is 4. The van der Waals surface area contributed by atoms with Crippen LogP contribution in [-0.2, 0) is 11.0 Å². The molecule has 0 aliphatic rings. The summed E-state index contributed by atoms with van der Waals surface area (Å²) in [5.41, 5.74) is -2.39. The number of alkyl halides is 3. The predicted molar refractivity (Wildman–Crippen MR) is 55.2 cm³/mol. The number of carboxylic acid groups (broad SMARTS) is 1. The van der Waals surface area contributed by atoms with Gasteiger partial charge in [0.2, 0.25) is 5.95 Å². The number of hydrogen-bond acceptors (Lipinski definition) is 4. The number of nitrogens with one attached hydrogen (secondary N) is 2. The van der Waals surface area contributed by atoms with Gasteiger partial charge in [0.1, 0.15) is 6.04 Å². The first-order valence-electron chi connectivity index (χ1n) is 4.92. The molecular weight excluding hydrogens is 255 g/mol. The predicted octanol–water partition coefficient (Wildman–Crippen LogP) is 1.06. The van der Waals surface area contributed by atoms with Crippen molar-refractivity contribution < 1.29 is 23.1 Å². The van der Waals surface area contributed by atoms with Gasteiger partial charge in [-0.2, -0.15) is 13.2 Å². The maximum Gasteiger partial charge on any atom is 0.433 e. The van der Waals surface area contributed by atoms with Crippen LogP contribution in [0.2, 0.25) is 0 Å². The highest BCUT2D eigenvalue weighted by molar-refractivity contribution is 5.76. The molecule has 1 unspecified atom stereocenters. The summed E-state index contributed by atoms with van der Waals surface area (Å²) in [6, 6.07) is -0.830. The zero-order valence-corrected chi connectivity index (χ0v) is 9.21. The van der Waals surface area contributed by atoms with Crippen molar-refractivity contribution in [1.29, 1.82) is 0 Å². The van der Waals surface area contributed by atoms with Gasteiger partial charge in [-0.1, -0.05) is 6.92 Å². The van der Waals surface area contributed by atoms with Crippen molar-refractivity contribution in [3.63, 3.8) is 0 Å². The van der Waals surface area contributed by atoms with Crippen LogP contribution in [0.25, 0.3) is 0 Å². The van der Waals surface area contributed by atoms with Gasteiger partial charge in [-0.15, -0.1) is 0 Å². The normalized spacial score (nSPS) is 13.1. The quantitative estimate of drug-likeness (QED) is 0.756. The Morgan fingerprint density at radius 1 is 1.61 bits per heavy atom. The van der Waals surface area contributed by atoms with Crippen LogP contribution >= 0.6 is 0 Å². The minimum absolute atomic E-state index is 0.120. The van der Waals surface area contributed by atoms with E-state index in [-0.39, 0.29) is 6.42 Å². The third-order valence-corrected chi connectivity index (χ3v) is 2.05. The molecule has 0 saturated carbocycles. The Bertz CT molecular complexity index is 498. The van der Waals surface area contributed by atoms with Gasteiger partial charge in [0, 0.05) is 6.07 Å². The van der Waals surface area contributed by atoms with Gasteiger partial charge in [0.15, 0.2) is 5.69 Å². The minimum Gasteiger partial charge on any atom is -0.480 e. The maximum absolute atomic E-state index is 12.4. The first kappa shape index (κ1) is 14.0. The summed E-state index contributed by atoms with van der Waals surface area (Å²) in [7, 11) is 0. The van der Waals surface area contributed by atoms with E-state index in [1.807, 2.05) is 4.98 Å². The van der Waals surface area contributed by atoms with Crippen molar-refractivity contribution in [2.45, 2.75) is 25.6 Å². The first-order valence-corrected chi connectivity index (χ1v) is 4.92. The molecule has 0 spiro atoms. The highest BCUT2D eigenvalue weighted by Gasteiger charge is 2.33. The summed E-state index contributed by atoms with van der Waals surface area (Å²) in [4.78, 5) is 26.8. The fraction of sp³-hybridized carbons (Fsp3) is 0.444. The SMILES string of the molecule is CCC(Nc1nc(C(F)(F)F)cc(=O)[nH]1)C(=O)O. The van der Waals surface area contributed by atoms with E-state index in [9.17, 15) is 22.8 Å². The number of aromatic nitrogens is 2. The van der Waals surface area contributed by atoms with Crippen LogP contribution in [0.5, 0.6) is 0 Å². The number of aromatic amines is 1. The second-order valence-corrected chi connectivity index (χ2v) is 3.42.